The Bertz CT molecular complexity index is 1070. The largest absolute Gasteiger partial charge is 0.322 e. The van der Waals surface area contributed by atoms with Gasteiger partial charge in [-0.1, -0.05) is 17.7 Å². The molecule has 0 aliphatic rings. The Morgan fingerprint density at radius 2 is 1.56 bits per heavy atom. The van der Waals surface area contributed by atoms with Crippen LogP contribution in [-0.2, 0) is 10.0 Å². The monoisotopic (exact) mass is 404 g/mol. The fraction of sp³-hybridized carbons (Fsp3) is 0. The first-order chi connectivity index (χ1) is 12.8. The molecule has 0 bridgehead atoms. The Morgan fingerprint density at radius 3 is 2.22 bits per heavy atom. The van der Waals surface area contributed by atoms with Crippen molar-refractivity contribution in [2.75, 3.05) is 10.0 Å². The molecular weight excluding hydrogens is 391 g/mol. The van der Waals surface area contributed by atoms with Gasteiger partial charge in [0.25, 0.3) is 15.9 Å². The molecule has 1 amide bonds. The van der Waals surface area contributed by atoms with E-state index in [0.29, 0.717) is 10.7 Å². The van der Waals surface area contributed by atoms with Crippen molar-refractivity contribution in [2.24, 2.45) is 0 Å². The van der Waals surface area contributed by atoms with Crippen LogP contribution in [0.5, 0.6) is 0 Å². The van der Waals surface area contributed by atoms with Crippen LogP contribution in [0.1, 0.15) is 10.4 Å². The van der Waals surface area contributed by atoms with Crippen molar-refractivity contribution in [2.45, 2.75) is 4.90 Å². The first-order valence-electron chi connectivity index (χ1n) is 7.79. The van der Waals surface area contributed by atoms with E-state index >= 15 is 0 Å². The molecule has 3 rings (SSSR count). The number of sulfonamides is 1. The van der Waals surface area contributed by atoms with E-state index in [1.165, 1.54) is 12.1 Å². The summed E-state index contributed by atoms with van der Waals surface area (Å²) < 4.78 is 40.1. The Balaban J connectivity index is 1.77. The van der Waals surface area contributed by atoms with Gasteiger partial charge in [0.15, 0.2) is 0 Å². The van der Waals surface area contributed by atoms with Gasteiger partial charge >= 0.3 is 0 Å². The van der Waals surface area contributed by atoms with Crippen LogP contribution in [0, 0.1) is 5.82 Å². The van der Waals surface area contributed by atoms with E-state index in [9.17, 15) is 17.6 Å². The van der Waals surface area contributed by atoms with Gasteiger partial charge in [0.2, 0.25) is 0 Å². The number of carbonyl (C=O) groups is 1. The van der Waals surface area contributed by atoms with Gasteiger partial charge in [-0.15, -0.1) is 0 Å². The highest BCUT2D eigenvalue weighted by molar-refractivity contribution is 7.92. The Labute approximate surface area is 160 Å². The molecule has 27 heavy (non-hydrogen) atoms. The molecule has 0 atom stereocenters. The first kappa shape index (κ1) is 18.9. The molecule has 5 nitrogen and oxygen atoms in total. The lowest BCUT2D eigenvalue weighted by Gasteiger charge is -2.10. The summed E-state index contributed by atoms with van der Waals surface area (Å²) >= 11 is 5.81. The number of benzene rings is 3. The number of anilines is 2. The Morgan fingerprint density at radius 1 is 0.889 bits per heavy atom. The van der Waals surface area contributed by atoms with E-state index in [1.807, 2.05) is 0 Å². The molecule has 0 spiro atoms. The van der Waals surface area contributed by atoms with Crippen LogP contribution in [0.15, 0.2) is 77.7 Å². The molecule has 0 aromatic heterocycles. The lowest BCUT2D eigenvalue weighted by Crippen LogP contribution is -2.15. The van der Waals surface area contributed by atoms with Crippen LogP contribution in [0.2, 0.25) is 5.02 Å². The average Bonchev–Trinajstić information content (AvgIpc) is 2.64. The van der Waals surface area contributed by atoms with Gasteiger partial charge in [-0.3, -0.25) is 9.52 Å². The number of carbonyl (C=O) groups excluding carboxylic acids is 1. The quantitative estimate of drug-likeness (QED) is 0.655. The second-order valence-electron chi connectivity index (χ2n) is 5.60. The van der Waals surface area contributed by atoms with Crippen LogP contribution in [0.25, 0.3) is 0 Å². The normalized spacial score (nSPS) is 11.0. The van der Waals surface area contributed by atoms with Crippen molar-refractivity contribution in [3.05, 3.63) is 89.2 Å². The number of hydrogen-bond acceptors (Lipinski definition) is 3. The van der Waals surface area contributed by atoms with Gasteiger partial charge in [0.1, 0.15) is 5.82 Å². The average molecular weight is 405 g/mol. The summed E-state index contributed by atoms with van der Waals surface area (Å²) in [4.78, 5) is 12.3. The zero-order chi connectivity index (χ0) is 19.4. The maximum absolute atomic E-state index is 13.0. The van der Waals surface area contributed by atoms with Gasteiger partial charge in [-0.05, 0) is 66.7 Å². The van der Waals surface area contributed by atoms with E-state index in [4.69, 9.17) is 11.6 Å². The van der Waals surface area contributed by atoms with Crippen LogP contribution >= 0.6 is 11.6 Å². The highest BCUT2D eigenvalue weighted by Gasteiger charge is 2.15. The molecule has 0 heterocycles. The maximum atomic E-state index is 13.0. The first-order valence-corrected chi connectivity index (χ1v) is 9.65. The van der Waals surface area contributed by atoms with Crippen molar-refractivity contribution in [1.82, 2.24) is 0 Å². The minimum absolute atomic E-state index is 0.0834. The summed E-state index contributed by atoms with van der Waals surface area (Å²) in [6.07, 6.45) is 0. The molecule has 3 aromatic carbocycles. The van der Waals surface area contributed by atoms with Gasteiger partial charge in [0.05, 0.1) is 4.90 Å². The van der Waals surface area contributed by atoms with E-state index in [1.54, 1.807) is 36.4 Å². The lowest BCUT2D eigenvalue weighted by molar-refractivity contribution is 0.102. The minimum atomic E-state index is -3.90. The second kappa shape index (κ2) is 7.77. The minimum Gasteiger partial charge on any atom is -0.322 e. The van der Waals surface area contributed by atoms with Crippen LogP contribution < -0.4 is 10.0 Å². The molecule has 8 heteroatoms. The summed E-state index contributed by atoms with van der Waals surface area (Å²) in [6.45, 7) is 0. The van der Waals surface area contributed by atoms with E-state index < -0.39 is 21.7 Å². The third-order valence-corrected chi connectivity index (χ3v) is 5.25. The van der Waals surface area contributed by atoms with Crippen LogP contribution in [-0.4, -0.2) is 14.3 Å². The maximum Gasteiger partial charge on any atom is 0.261 e. The predicted octanol–water partition coefficient (Wildman–Crippen LogP) is 4.53. The highest BCUT2D eigenvalue weighted by Crippen LogP contribution is 2.19. The number of halogens is 2. The summed E-state index contributed by atoms with van der Waals surface area (Å²) in [6, 6.07) is 17.1. The standard InChI is InChI=1S/C19H14ClFN2O3S/c20-14-4-8-16(9-5-14)22-19(24)13-2-1-3-17(12-13)23-27(25,26)18-10-6-15(21)7-11-18/h1-12,23H,(H,22,24). The van der Waals surface area contributed by atoms with Gasteiger partial charge < -0.3 is 5.32 Å². The SMILES string of the molecule is O=C(Nc1ccc(Cl)cc1)c1cccc(NS(=O)(=O)c2ccc(F)cc2)c1. The number of amides is 1. The van der Waals surface area contributed by atoms with Gasteiger partial charge in [-0.25, -0.2) is 12.8 Å². The number of rotatable bonds is 5. The molecule has 0 unspecified atom stereocenters. The predicted molar refractivity (Wildman–Crippen MR) is 103 cm³/mol. The molecule has 0 saturated carbocycles. The molecule has 0 fully saturated rings. The Kier molecular flexibility index (Phi) is 5.43. The van der Waals surface area contributed by atoms with E-state index in [0.717, 1.165) is 24.3 Å². The lowest BCUT2D eigenvalue weighted by atomic mass is 10.2. The zero-order valence-electron chi connectivity index (χ0n) is 13.8. The van der Waals surface area contributed by atoms with Crippen molar-refractivity contribution in [1.29, 1.82) is 0 Å². The summed E-state index contributed by atoms with van der Waals surface area (Å²) in [7, 11) is -3.90. The third-order valence-electron chi connectivity index (χ3n) is 3.60. The van der Waals surface area contributed by atoms with Crippen molar-refractivity contribution >= 4 is 38.9 Å². The fourth-order valence-corrected chi connectivity index (χ4v) is 3.46. The molecular formula is C19H14ClFN2O3S. The molecule has 138 valence electrons. The Hall–Kier alpha value is -2.90. The smallest absolute Gasteiger partial charge is 0.261 e. The molecule has 2 N–H and O–H groups in total. The van der Waals surface area contributed by atoms with Crippen molar-refractivity contribution in [3.8, 4) is 0 Å². The van der Waals surface area contributed by atoms with Crippen LogP contribution in [0.3, 0.4) is 0 Å². The van der Waals surface area contributed by atoms with Gasteiger partial charge in [-0.2, -0.15) is 0 Å². The van der Waals surface area contributed by atoms with Crippen molar-refractivity contribution in [3.63, 3.8) is 0 Å². The topological polar surface area (TPSA) is 75.3 Å². The van der Waals surface area contributed by atoms with Crippen LogP contribution in [0.4, 0.5) is 15.8 Å². The molecule has 0 radical (unpaired) electrons. The van der Waals surface area contributed by atoms with Crippen molar-refractivity contribution < 1.29 is 17.6 Å². The van der Waals surface area contributed by atoms with E-state index in [2.05, 4.69) is 10.0 Å². The summed E-state index contributed by atoms with van der Waals surface area (Å²) in [5, 5.41) is 3.24. The highest BCUT2D eigenvalue weighted by atomic mass is 35.5. The fourth-order valence-electron chi connectivity index (χ4n) is 2.29. The third kappa shape index (κ3) is 4.84. The molecule has 0 aliphatic heterocycles. The summed E-state index contributed by atoms with van der Waals surface area (Å²) in [5.74, 6) is -0.935. The molecule has 3 aromatic rings. The second-order valence-corrected chi connectivity index (χ2v) is 7.72. The number of nitrogens with one attached hydrogen (secondary N) is 2. The van der Waals surface area contributed by atoms with E-state index in [-0.39, 0.29) is 16.1 Å². The summed E-state index contributed by atoms with van der Waals surface area (Å²) in [5.41, 5.74) is 1.04. The molecule has 0 saturated heterocycles. The van der Waals surface area contributed by atoms with Gasteiger partial charge in [0, 0.05) is 22.0 Å². The number of hydrogen-bond donors (Lipinski definition) is 2. The zero-order valence-corrected chi connectivity index (χ0v) is 15.4. The molecule has 0 aliphatic carbocycles.